The number of imidazole rings is 1. The Morgan fingerprint density at radius 2 is 1.87 bits per heavy atom. The number of unbranched alkanes of at least 4 members (excludes halogenated alkanes) is 2. The van der Waals surface area contributed by atoms with Crippen molar-refractivity contribution in [2.45, 2.75) is 78.0 Å². The Morgan fingerprint density at radius 3 is 2.54 bits per heavy atom. The number of nitrogens with two attached hydrogens (primary N) is 1. The smallest absolute Gasteiger partial charge is 0.408 e. The summed E-state index contributed by atoms with van der Waals surface area (Å²) in [7, 11) is -4.53. The van der Waals surface area contributed by atoms with E-state index in [-0.39, 0.29) is 6.54 Å². The Labute approximate surface area is 228 Å². The highest BCUT2D eigenvalue weighted by Crippen LogP contribution is 2.29. The summed E-state index contributed by atoms with van der Waals surface area (Å²) in [5.74, 6) is -0.395. The first-order chi connectivity index (χ1) is 18.3. The number of para-hydroxylation sites is 1. The minimum absolute atomic E-state index is 0.234. The maximum Gasteiger partial charge on any atom is 0.408 e. The third kappa shape index (κ3) is 8.52. The lowest BCUT2D eigenvalue weighted by Gasteiger charge is -2.22. The lowest BCUT2D eigenvalue weighted by Crippen LogP contribution is -2.51. The zero-order chi connectivity index (χ0) is 28.8. The van der Waals surface area contributed by atoms with Gasteiger partial charge >= 0.3 is 6.09 Å². The zero-order valence-electron chi connectivity index (χ0n) is 22.9. The van der Waals surface area contributed by atoms with E-state index in [0.717, 1.165) is 41.5 Å². The molecule has 0 bridgehead atoms. The number of benzene rings is 1. The second kappa shape index (κ2) is 12.6. The molecular formula is C26H38N6O6S. The zero-order valence-corrected chi connectivity index (χ0v) is 23.7. The Balaban J connectivity index is 1.68. The van der Waals surface area contributed by atoms with Gasteiger partial charge in [0.2, 0.25) is 5.91 Å². The van der Waals surface area contributed by atoms with Gasteiger partial charge < -0.3 is 25.7 Å². The van der Waals surface area contributed by atoms with Crippen LogP contribution in [0.25, 0.3) is 21.9 Å². The van der Waals surface area contributed by atoms with E-state index in [0.29, 0.717) is 30.7 Å². The topological polar surface area (TPSA) is 179 Å². The van der Waals surface area contributed by atoms with E-state index in [2.05, 4.69) is 27.1 Å². The Bertz CT molecular complexity index is 1430. The highest BCUT2D eigenvalue weighted by Gasteiger charge is 2.28. The first kappa shape index (κ1) is 30.1. The monoisotopic (exact) mass is 562 g/mol. The lowest BCUT2D eigenvalue weighted by atomic mass is 10.1. The van der Waals surface area contributed by atoms with Crippen LogP contribution in [0.1, 0.15) is 59.2 Å². The molecule has 0 spiro atoms. The number of carbonyl (C=O) groups is 2. The van der Waals surface area contributed by atoms with Gasteiger partial charge in [-0.05, 0) is 46.1 Å². The minimum Gasteiger partial charge on any atom is -0.444 e. The van der Waals surface area contributed by atoms with Crippen molar-refractivity contribution in [3.63, 3.8) is 0 Å². The number of hydrogen-bond donors (Lipinski definition) is 4. The average molecular weight is 563 g/mol. The number of anilines is 1. The molecule has 3 aromatic rings. The van der Waals surface area contributed by atoms with E-state index in [4.69, 9.17) is 15.5 Å². The molecule has 1 atom stereocenters. The molecule has 214 valence electrons. The summed E-state index contributed by atoms with van der Waals surface area (Å²) < 4.78 is 39.3. The van der Waals surface area contributed by atoms with E-state index in [1.165, 1.54) is 0 Å². The standard InChI is InChI=1S/C26H38N6O6S/c1-5-6-13-20-31-21-22(17-11-7-8-12-18(17)29-23(21)27)32(20)15-10-9-14-28-24(33)19(16-39(35,36)37)30-25(34)38-26(2,3)4/h7-8,11-12,19H,5-6,9-10,13-16H2,1-4H3,(H2,27,29)(H,28,33)(H,30,34)(H,35,36,37). The number of nitrogen functional groups attached to an aromatic ring is 1. The lowest BCUT2D eigenvalue weighted by molar-refractivity contribution is -0.122. The van der Waals surface area contributed by atoms with Crippen LogP contribution in [0.15, 0.2) is 24.3 Å². The molecule has 39 heavy (non-hydrogen) atoms. The summed E-state index contributed by atoms with van der Waals surface area (Å²) in [4.78, 5) is 34.1. The number of hydrogen-bond acceptors (Lipinski definition) is 8. The van der Waals surface area contributed by atoms with Crippen LogP contribution in [0, 0.1) is 0 Å². The molecule has 12 nitrogen and oxygen atoms in total. The van der Waals surface area contributed by atoms with Crippen molar-refractivity contribution in [2.75, 3.05) is 18.0 Å². The van der Waals surface area contributed by atoms with Gasteiger partial charge in [0, 0.05) is 24.9 Å². The Morgan fingerprint density at radius 1 is 1.15 bits per heavy atom. The van der Waals surface area contributed by atoms with E-state index in [1.807, 2.05) is 24.3 Å². The molecule has 0 saturated carbocycles. The fraction of sp³-hybridized carbons (Fsp3) is 0.538. The number of aryl methyl sites for hydroxylation is 2. The molecule has 5 N–H and O–H groups in total. The van der Waals surface area contributed by atoms with Gasteiger partial charge in [-0.3, -0.25) is 9.35 Å². The third-order valence-electron chi connectivity index (χ3n) is 5.94. The highest BCUT2D eigenvalue weighted by atomic mass is 32.2. The van der Waals surface area contributed by atoms with Crippen LogP contribution in [-0.2, 0) is 32.6 Å². The van der Waals surface area contributed by atoms with Gasteiger partial charge in [0.25, 0.3) is 10.1 Å². The second-order valence-electron chi connectivity index (χ2n) is 10.4. The van der Waals surface area contributed by atoms with Crippen molar-refractivity contribution in [1.82, 2.24) is 25.2 Å². The maximum atomic E-state index is 12.7. The van der Waals surface area contributed by atoms with E-state index in [1.54, 1.807) is 20.8 Å². The number of carbonyl (C=O) groups excluding carboxylic acids is 2. The largest absolute Gasteiger partial charge is 0.444 e. The molecule has 0 aliphatic carbocycles. The first-order valence-corrected chi connectivity index (χ1v) is 14.7. The third-order valence-corrected chi connectivity index (χ3v) is 6.69. The predicted octanol–water partition coefficient (Wildman–Crippen LogP) is 3.19. The summed E-state index contributed by atoms with van der Waals surface area (Å²) >= 11 is 0. The number of fused-ring (bicyclic) bond motifs is 3. The minimum atomic E-state index is -4.53. The van der Waals surface area contributed by atoms with Gasteiger partial charge in [-0.25, -0.2) is 14.8 Å². The quantitative estimate of drug-likeness (QED) is 0.190. The number of nitrogens with zero attached hydrogens (tertiary/aromatic N) is 3. The van der Waals surface area contributed by atoms with Crippen LogP contribution in [0.3, 0.4) is 0 Å². The van der Waals surface area contributed by atoms with Crippen LogP contribution in [0.2, 0.25) is 0 Å². The van der Waals surface area contributed by atoms with Gasteiger partial charge in [-0.2, -0.15) is 8.42 Å². The van der Waals surface area contributed by atoms with Crippen molar-refractivity contribution >= 4 is 49.9 Å². The summed E-state index contributed by atoms with van der Waals surface area (Å²) in [6.45, 7) is 7.88. The first-order valence-electron chi connectivity index (χ1n) is 13.0. The number of nitrogens with one attached hydrogen (secondary N) is 2. The molecule has 0 saturated heterocycles. The van der Waals surface area contributed by atoms with Gasteiger partial charge in [0.1, 0.15) is 28.7 Å². The van der Waals surface area contributed by atoms with Gasteiger partial charge in [0.15, 0.2) is 5.82 Å². The van der Waals surface area contributed by atoms with Crippen molar-refractivity contribution in [3.05, 3.63) is 30.1 Å². The molecule has 0 aliphatic rings. The molecule has 1 unspecified atom stereocenters. The summed E-state index contributed by atoms with van der Waals surface area (Å²) in [6.07, 6.45) is 3.09. The van der Waals surface area contributed by atoms with Crippen molar-refractivity contribution in [1.29, 1.82) is 0 Å². The Hall–Kier alpha value is -3.45. The number of pyridine rings is 1. The molecule has 2 amide bonds. The number of amides is 2. The van der Waals surface area contributed by atoms with Crippen LogP contribution >= 0.6 is 0 Å². The molecule has 2 aromatic heterocycles. The average Bonchev–Trinajstić information content (AvgIpc) is 3.19. The van der Waals surface area contributed by atoms with Crippen molar-refractivity contribution < 1.29 is 27.3 Å². The summed E-state index contributed by atoms with van der Waals surface area (Å²) in [5, 5.41) is 5.82. The normalized spacial score (nSPS) is 12.9. The van der Waals surface area contributed by atoms with E-state index < -0.39 is 39.5 Å². The summed E-state index contributed by atoms with van der Waals surface area (Å²) in [6, 6.07) is 6.27. The van der Waals surface area contributed by atoms with Crippen molar-refractivity contribution in [3.8, 4) is 0 Å². The van der Waals surface area contributed by atoms with Crippen LogP contribution in [0.5, 0.6) is 0 Å². The van der Waals surface area contributed by atoms with Gasteiger partial charge in [0.05, 0.1) is 11.0 Å². The molecule has 0 fully saturated rings. The van der Waals surface area contributed by atoms with Crippen LogP contribution < -0.4 is 16.4 Å². The van der Waals surface area contributed by atoms with Crippen molar-refractivity contribution in [2.24, 2.45) is 0 Å². The van der Waals surface area contributed by atoms with Crippen LogP contribution in [-0.4, -0.2) is 63.4 Å². The Kier molecular flexibility index (Phi) is 9.73. The SMILES string of the molecule is CCCCc1nc2c(N)nc3ccccc3c2n1CCCCNC(=O)C(CS(=O)(=O)O)NC(=O)OC(C)(C)C. The molecule has 0 aliphatic heterocycles. The predicted molar refractivity (Wildman–Crippen MR) is 150 cm³/mol. The molecule has 13 heteroatoms. The second-order valence-corrected chi connectivity index (χ2v) is 11.9. The fourth-order valence-electron chi connectivity index (χ4n) is 4.24. The molecule has 1 aromatic carbocycles. The highest BCUT2D eigenvalue weighted by molar-refractivity contribution is 7.85. The number of alkyl carbamates (subject to hydrolysis) is 1. The van der Waals surface area contributed by atoms with Gasteiger partial charge in [-0.15, -0.1) is 0 Å². The van der Waals surface area contributed by atoms with E-state index in [9.17, 15) is 22.6 Å². The molecular weight excluding hydrogens is 524 g/mol. The summed E-state index contributed by atoms with van der Waals surface area (Å²) in [5.41, 5.74) is 7.81. The van der Waals surface area contributed by atoms with Crippen LogP contribution in [0.4, 0.5) is 10.6 Å². The fourth-order valence-corrected chi connectivity index (χ4v) is 4.90. The number of aromatic nitrogens is 3. The number of ether oxygens (including phenoxy) is 1. The van der Waals surface area contributed by atoms with Gasteiger partial charge in [-0.1, -0.05) is 31.5 Å². The number of rotatable bonds is 12. The maximum absolute atomic E-state index is 12.7. The molecule has 0 radical (unpaired) electrons. The molecule has 3 rings (SSSR count). The van der Waals surface area contributed by atoms with E-state index >= 15 is 0 Å². The molecule has 2 heterocycles.